The molecule has 0 unspecified atom stereocenters. The molecule has 8 heteroatoms. The summed E-state index contributed by atoms with van der Waals surface area (Å²) in [5.74, 6) is -2.63. The third kappa shape index (κ3) is 4.21. The van der Waals surface area contributed by atoms with Crippen LogP contribution in [0.25, 0.3) is 0 Å². The van der Waals surface area contributed by atoms with Crippen LogP contribution >= 0.6 is 0 Å². The molecule has 0 radical (unpaired) electrons. The summed E-state index contributed by atoms with van der Waals surface area (Å²) in [5.41, 5.74) is 0.461. The lowest BCUT2D eigenvalue weighted by Crippen LogP contribution is -2.29. The van der Waals surface area contributed by atoms with Gasteiger partial charge < -0.3 is 10.2 Å². The molecule has 0 bridgehead atoms. The van der Waals surface area contributed by atoms with E-state index in [0.717, 1.165) is 31.6 Å². The monoisotopic (exact) mass is 379 g/mol. The molecule has 0 spiro atoms. The van der Waals surface area contributed by atoms with Crippen molar-refractivity contribution in [1.82, 2.24) is 19.9 Å². The van der Waals surface area contributed by atoms with Crippen molar-refractivity contribution < 1.29 is 13.2 Å². The van der Waals surface area contributed by atoms with Gasteiger partial charge in [0.25, 0.3) is 5.95 Å². The first-order chi connectivity index (χ1) is 12.8. The van der Waals surface area contributed by atoms with Gasteiger partial charge in [-0.05, 0) is 39.9 Å². The molecule has 2 aromatic heterocycles. The fourth-order valence-corrected chi connectivity index (χ4v) is 3.15. The third-order valence-electron chi connectivity index (χ3n) is 4.92. The van der Waals surface area contributed by atoms with E-state index in [2.05, 4.69) is 32.2 Å². The van der Waals surface area contributed by atoms with Gasteiger partial charge in [0.05, 0.1) is 0 Å². The topological polar surface area (TPSA) is 53.9 Å². The summed E-state index contributed by atoms with van der Waals surface area (Å²) in [6.07, 6.45) is 1.95. The van der Waals surface area contributed by atoms with E-state index < -0.39 is 23.1 Å². The Kier molecular flexibility index (Phi) is 5.64. The summed E-state index contributed by atoms with van der Waals surface area (Å²) in [5, 5.41) is 2.71. The lowest BCUT2D eigenvalue weighted by molar-refractivity contribution is 0.253. The molecular formula is C19H24F3N5. The fraction of sp³-hybridized carbons (Fsp3) is 0.526. The van der Waals surface area contributed by atoms with Crippen molar-refractivity contribution in [2.45, 2.75) is 45.4 Å². The Bertz CT molecular complexity index is 833. The molecule has 1 aliphatic rings. The van der Waals surface area contributed by atoms with Crippen molar-refractivity contribution in [3.63, 3.8) is 0 Å². The van der Waals surface area contributed by atoms with E-state index in [4.69, 9.17) is 0 Å². The minimum Gasteiger partial charge on any atom is -0.322 e. The third-order valence-corrected chi connectivity index (χ3v) is 4.92. The van der Waals surface area contributed by atoms with Crippen molar-refractivity contribution in [2.24, 2.45) is 0 Å². The van der Waals surface area contributed by atoms with Crippen molar-refractivity contribution in [3.05, 3.63) is 40.7 Å². The van der Waals surface area contributed by atoms with Crippen LogP contribution in [0.2, 0.25) is 0 Å². The quantitative estimate of drug-likeness (QED) is 0.804. The SMILES string of the molecule is Cc1c(F)c(F)nc(Nc2cc(C3CCN(C)CC3)nc(C(C)C)n2)c1F. The molecule has 0 amide bonds. The smallest absolute Gasteiger partial charge is 0.251 e. The van der Waals surface area contributed by atoms with E-state index in [1.165, 1.54) is 6.92 Å². The summed E-state index contributed by atoms with van der Waals surface area (Å²) >= 11 is 0. The maximum absolute atomic E-state index is 14.3. The highest BCUT2D eigenvalue weighted by atomic mass is 19.2. The summed E-state index contributed by atoms with van der Waals surface area (Å²) in [6, 6.07) is 1.75. The molecule has 3 rings (SSSR count). The van der Waals surface area contributed by atoms with Crippen LogP contribution in [-0.2, 0) is 0 Å². The molecule has 0 saturated carbocycles. The zero-order chi connectivity index (χ0) is 19.7. The zero-order valence-corrected chi connectivity index (χ0v) is 16.0. The van der Waals surface area contributed by atoms with Crippen LogP contribution in [-0.4, -0.2) is 40.0 Å². The van der Waals surface area contributed by atoms with E-state index in [1.54, 1.807) is 6.07 Å². The van der Waals surface area contributed by atoms with Gasteiger partial charge in [0.1, 0.15) is 11.6 Å². The van der Waals surface area contributed by atoms with Crippen LogP contribution < -0.4 is 5.32 Å². The lowest BCUT2D eigenvalue weighted by Gasteiger charge is -2.29. The molecule has 1 fully saturated rings. The van der Waals surface area contributed by atoms with Gasteiger partial charge in [-0.15, -0.1) is 0 Å². The number of rotatable bonds is 4. The molecule has 1 saturated heterocycles. The number of aromatic nitrogens is 3. The molecule has 0 aromatic carbocycles. The van der Waals surface area contributed by atoms with E-state index in [-0.39, 0.29) is 17.7 Å². The molecule has 2 aromatic rings. The van der Waals surface area contributed by atoms with E-state index in [1.807, 2.05) is 13.8 Å². The Balaban J connectivity index is 1.96. The Hall–Kier alpha value is -2.22. The molecule has 5 nitrogen and oxygen atoms in total. The van der Waals surface area contributed by atoms with Gasteiger partial charge in [-0.1, -0.05) is 13.8 Å². The largest absolute Gasteiger partial charge is 0.322 e. The Morgan fingerprint density at radius 3 is 2.37 bits per heavy atom. The molecule has 146 valence electrons. The summed E-state index contributed by atoms with van der Waals surface area (Å²) in [4.78, 5) is 14.7. The second-order valence-electron chi connectivity index (χ2n) is 7.40. The number of likely N-dealkylation sites (tertiary alicyclic amines) is 1. The van der Waals surface area contributed by atoms with Crippen molar-refractivity contribution in [2.75, 3.05) is 25.5 Å². The fourth-order valence-electron chi connectivity index (χ4n) is 3.15. The first-order valence-corrected chi connectivity index (χ1v) is 9.11. The standard InChI is InChI=1S/C19H24F3N5/c1-10(2)18-23-13(12-5-7-27(4)8-6-12)9-14(24-18)25-19-16(21)11(3)15(20)17(22)26-19/h9-10,12H,5-8H2,1-4H3,(H,23,24,25,26). The van der Waals surface area contributed by atoms with Crippen molar-refractivity contribution >= 4 is 11.6 Å². The maximum Gasteiger partial charge on any atom is 0.251 e. The number of nitrogens with one attached hydrogen (secondary N) is 1. The van der Waals surface area contributed by atoms with E-state index in [9.17, 15) is 13.2 Å². The second kappa shape index (κ2) is 7.80. The second-order valence-corrected chi connectivity index (χ2v) is 7.40. The van der Waals surface area contributed by atoms with Gasteiger partial charge >= 0.3 is 0 Å². The van der Waals surface area contributed by atoms with Crippen LogP contribution in [0.5, 0.6) is 0 Å². The molecule has 1 N–H and O–H groups in total. The molecule has 1 aliphatic heterocycles. The van der Waals surface area contributed by atoms with E-state index >= 15 is 0 Å². The molecule has 27 heavy (non-hydrogen) atoms. The number of halogens is 3. The van der Waals surface area contributed by atoms with Crippen LogP contribution in [0.15, 0.2) is 6.07 Å². The highest BCUT2D eigenvalue weighted by molar-refractivity contribution is 5.54. The zero-order valence-electron chi connectivity index (χ0n) is 16.0. The number of nitrogens with zero attached hydrogens (tertiary/aromatic N) is 4. The maximum atomic E-state index is 14.3. The van der Waals surface area contributed by atoms with Gasteiger partial charge in [0.2, 0.25) is 0 Å². The molecule has 0 aliphatic carbocycles. The highest BCUT2D eigenvalue weighted by Gasteiger charge is 2.23. The Morgan fingerprint density at radius 1 is 1.07 bits per heavy atom. The summed E-state index contributed by atoms with van der Waals surface area (Å²) in [7, 11) is 2.09. The van der Waals surface area contributed by atoms with Crippen molar-refractivity contribution in [3.8, 4) is 0 Å². The van der Waals surface area contributed by atoms with Crippen LogP contribution in [0.3, 0.4) is 0 Å². The average molecular weight is 379 g/mol. The number of anilines is 2. The molecule has 3 heterocycles. The summed E-state index contributed by atoms with van der Waals surface area (Å²) in [6.45, 7) is 7.07. The first-order valence-electron chi connectivity index (χ1n) is 9.11. The lowest BCUT2D eigenvalue weighted by atomic mass is 9.93. The minimum atomic E-state index is -1.34. The minimum absolute atomic E-state index is 0.0706. The number of pyridine rings is 1. The predicted octanol–water partition coefficient (Wildman–Crippen LogP) is 4.27. The summed E-state index contributed by atoms with van der Waals surface area (Å²) < 4.78 is 41.4. The number of piperidine rings is 1. The Labute approximate surface area is 157 Å². The predicted molar refractivity (Wildman–Crippen MR) is 97.7 cm³/mol. The van der Waals surface area contributed by atoms with Gasteiger partial charge in [0.15, 0.2) is 17.5 Å². The van der Waals surface area contributed by atoms with Gasteiger partial charge in [0, 0.05) is 29.2 Å². The van der Waals surface area contributed by atoms with Gasteiger partial charge in [-0.3, -0.25) is 0 Å². The molecular weight excluding hydrogens is 355 g/mol. The van der Waals surface area contributed by atoms with Crippen LogP contribution in [0.4, 0.5) is 24.8 Å². The van der Waals surface area contributed by atoms with E-state index in [0.29, 0.717) is 11.6 Å². The highest BCUT2D eigenvalue weighted by Crippen LogP contribution is 2.30. The average Bonchev–Trinajstić information content (AvgIpc) is 2.64. The van der Waals surface area contributed by atoms with Crippen LogP contribution in [0.1, 0.15) is 55.6 Å². The number of hydrogen-bond donors (Lipinski definition) is 1. The number of hydrogen-bond acceptors (Lipinski definition) is 5. The molecule has 0 atom stereocenters. The first kappa shape index (κ1) is 19.5. The normalized spacial score (nSPS) is 16.1. The van der Waals surface area contributed by atoms with Crippen molar-refractivity contribution in [1.29, 1.82) is 0 Å². The Morgan fingerprint density at radius 2 is 1.74 bits per heavy atom. The van der Waals surface area contributed by atoms with Crippen LogP contribution in [0, 0.1) is 24.5 Å². The van der Waals surface area contributed by atoms with Gasteiger partial charge in [-0.2, -0.15) is 9.37 Å². The van der Waals surface area contributed by atoms with Gasteiger partial charge in [-0.25, -0.2) is 18.7 Å².